The van der Waals surface area contributed by atoms with Gasteiger partial charge in [0, 0.05) is 6.54 Å². The fourth-order valence-electron chi connectivity index (χ4n) is 2.78. The molecule has 0 fully saturated rings. The van der Waals surface area contributed by atoms with Crippen molar-refractivity contribution in [2.75, 3.05) is 6.54 Å². The molecule has 0 aliphatic heterocycles. The lowest BCUT2D eigenvalue weighted by molar-refractivity contribution is -0.139. The number of furan rings is 1. The lowest BCUT2D eigenvalue weighted by atomic mass is 10.1. The van der Waals surface area contributed by atoms with E-state index in [1.807, 2.05) is 0 Å². The van der Waals surface area contributed by atoms with Gasteiger partial charge in [-0.15, -0.1) is 0 Å². The highest BCUT2D eigenvalue weighted by Crippen LogP contribution is 2.28. The number of amides is 2. The molecule has 150 valence electrons. The lowest BCUT2D eigenvalue weighted by Gasteiger charge is -2.19. The second-order valence-corrected chi connectivity index (χ2v) is 8.36. The first-order valence-corrected chi connectivity index (χ1v) is 10.5. The molecule has 7 nitrogen and oxygen atoms in total. The zero-order valence-corrected chi connectivity index (χ0v) is 16.3. The van der Waals surface area contributed by atoms with Crippen molar-refractivity contribution in [3.8, 4) is 0 Å². The van der Waals surface area contributed by atoms with Crippen molar-refractivity contribution in [3.63, 3.8) is 0 Å². The van der Waals surface area contributed by atoms with E-state index in [-0.39, 0.29) is 18.0 Å². The van der Waals surface area contributed by atoms with Gasteiger partial charge in [-0.1, -0.05) is 48.5 Å². The number of hydrogen-bond acceptors (Lipinski definition) is 5. The fourth-order valence-corrected chi connectivity index (χ4v) is 4.46. The Morgan fingerprint density at radius 2 is 1.45 bits per heavy atom. The maximum Gasteiger partial charge on any atom is 0.309 e. The normalized spacial score (nSPS) is 12.1. The Kier molecular flexibility index (Phi) is 6.46. The number of sulfone groups is 1. The van der Waals surface area contributed by atoms with E-state index in [1.54, 1.807) is 60.7 Å². The Bertz CT molecular complexity index is 1050. The van der Waals surface area contributed by atoms with Crippen molar-refractivity contribution >= 4 is 21.7 Å². The van der Waals surface area contributed by atoms with E-state index in [0.717, 1.165) is 0 Å². The van der Waals surface area contributed by atoms with Gasteiger partial charge in [-0.2, -0.15) is 0 Å². The molecule has 1 atom stereocenters. The third kappa shape index (κ3) is 5.11. The standard InChI is InChI=1S/C21H20N2O5S/c24-20(22-14-17-10-7-13-28-17)21(25)23-15-19(16-8-3-1-4-9-16)29(26,27)18-11-5-2-6-12-18/h1-13,19H,14-15H2,(H,22,24)(H,23,25)/t19-/m0/s1. The van der Waals surface area contributed by atoms with Gasteiger partial charge in [0.25, 0.3) is 0 Å². The largest absolute Gasteiger partial charge is 0.467 e. The van der Waals surface area contributed by atoms with Crippen molar-refractivity contribution in [2.24, 2.45) is 0 Å². The smallest absolute Gasteiger partial charge is 0.309 e. The van der Waals surface area contributed by atoms with Gasteiger partial charge in [0.2, 0.25) is 0 Å². The molecule has 0 aliphatic carbocycles. The summed E-state index contributed by atoms with van der Waals surface area (Å²) in [5, 5.41) is 3.82. The third-order valence-corrected chi connectivity index (χ3v) is 6.39. The summed E-state index contributed by atoms with van der Waals surface area (Å²) in [6, 6.07) is 19.9. The van der Waals surface area contributed by atoms with Crippen LogP contribution in [0.25, 0.3) is 0 Å². The maximum atomic E-state index is 13.1. The number of carbonyl (C=O) groups is 2. The molecule has 1 heterocycles. The summed E-state index contributed by atoms with van der Waals surface area (Å²) in [6.07, 6.45) is 1.46. The van der Waals surface area contributed by atoms with E-state index in [2.05, 4.69) is 10.6 Å². The fraction of sp³-hybridized carbons (Fsp3) is 0.143. The minimum Gasteiger partial charge on any atom is -0.467 e. The SMILES string of the molecule is O=C(NCc1ccco1)C(=O)NC[C@@H](c1ccccc1)S(=O)(=O)c1ccccc1. The van der Waals surface area contributed by atoms with Crippen LogP contribution in [0.3, 0.4) is 0 Å². The molecule has 2 N–H and O–H groups in total. The van der Waals surface area contributed by atoms with Crippen LogP contribution in [0.1, 0.15) is 16.6 Å². The molecule has 0 aliphatic rings. The third-order valence-electron chi connectivity index (χ3n) is 4.28. The maximum absolute atomic E-state index is 13.1. The second-order valence-electron chi connectivity index (χ2n) is 6.23. The van der Waals surface area contributed by atoms with Crippen LogP contribution >= 0.6 is 0 Å². The summed E-state index contributed by atoms with van der Waals surface area (Å²) in [5.41, 5.74) is 0.521. The average molecular weight is 412 g/mol. The van der Waals surface area contributed by atoms with Gasteiger partial charge in [-0.3, -0.25) is 9.59 Å². The van der Waals surface area contributed by atoms with E-state index in [4.69, 9.17) is 4.42 Å². The second kappa shape index (κ2) is 9.20. The molecule has 1 aromatic heterocycles. The highest BCUT2D eigenvalue weighted by Gasteiger charge is 2.30. The molecule has 0 saturated heterocycles. The molecule has 0 bridgehead atoms. The average Bonchev–Trinajstić information content (AvgIpc) is 3.27. The molecule has 3 rings (SSSR count). The molecule has 2 amide bonds. The molecule has 8 heteroatoms. The molecular weight excluding hydrogens is 392 g/mol. The minimum atomic E-state index is -3.78. The Balaban J connectivity index is 1.72. The topological polar surface area (TPSA) is 105 Å². The number of hydrogen-bond donors (Lipinski definition) is 2. The Labute approximate surface area is 168 Å². The Hall–Kier alpha value is -3.39. The lowest BCUT2D eigenvalue weighted by Crippen LogP contribution is -2.42. The number of benzene rings is 2. The highest BCUT2D eigenvalue weighted by molar-refractivity contribution is 7.91. The first-order valence-electron chi connectivity index (χ1n) is 8.91. The summed E-state index contributed by atoms with van der Waals surface area (Å²) in [5.74, 6) is -1.29. The van der Waals surface area contributed by atoms with Gasteiger partial charge >= 0.3 is 11.8 Å². The summed E-state index contributed by atoms with van der Waals surface area (Å²) in [7, 11) is -3.78. The van der Waals surface area contributed by atoms with Gasteiger partial charge in [0.15, 0.2) is 9.84 Å². The molecule has 0 radical (unpaired) electrons. The molecular formula is C21H20N2O5S. The first kappa shape index (κ1) is 20.3. The van der Waals surface area contributed by atoms with Crippen LogP contribution < -0.4 is 10.6 Å². The van der Waals surface area contributed by atoms with Crippen molar-refractivity contribution in [3.05, 3.63) is 90.4 Å². The van der Waals surface area contributed by atoms with Crippen molar-refractivity contribution in [1.82, 2.24) is 10.6 Å². The van der Waals surface area contributed by atoms with Gasteiger partial charge in [-0.05, 0) is 29.8 Å². The number of nitrogens with one attached hydrogen (secondary N) is 2. The summed E-state index contributed by atoms with van der Waals surface area (Å²) < 4.78 is 31.4. The molecule has 0 spiro atoms. The predicted molar refractivity (Wildman–Crippen MR) is 106 cm³/mol. The van der Waals surface area contributed by atoms with Crippen molar-refractivity contribution in [1.29, 1.82) is 0 Å². The monoisotopic (exact) mass is 412 g/mol. The van der Waals surface area contributed by atoms with Crippen molar-refractivity contribution < 1.29 is 22.4 Å². The van der Waals surface area contributed by atoms with Crippen LogP contribution in [0.5, 0.6) is 0 Å². The predicted octanol–water partition coefficient (Wildman–Crippen LogP) is 2.23. The Morgan fingerprint density at radius 3 is 2.07 bits per heavy atom. The molecule has 29 heavy (non-hydrogen) atoms. The van der Waals surface area contributed by atoms with Crippen LogP contribution in [0.2, 0.25) is 0 Å². The zero-order valence-electron chi connectivity index (χ0n) is 15.4. The minimum absolute atomic E-state index is 0.0592. The van der Waals surface area contributed by atoms with E-state index in [0.29, 0.717) is 11.3 Å². The van der Waals surface area contributed by atoms with Gasteiger partial charge < -0.3 is 15.1 Å². The van der Waals surface area contributed by atoms with Crippen LogP contribution in [-0.4, -0.2) is 26.8 Å². The van der Waals surface area contributed by atoms with Gasteiger partial charge in [-0.25, -0.2) is 8.42 Å². The van der Waals surface area contributed by atoms with Crippen LogP contribution in [0, 0.1) is 0 Å². The van der Waals surface area contributed by atoms with E-state index >= 15 is 0 Å². The van der Waals surface area contributed by atoms with E-state index in [1.165, 1.54) is 18.4 Å². The molecule has 0 unspecified atom stereocenters. The summed E-state index contributed by atoms with van der Waals surface area (Å²) in [6.45, 7) is -0.183. The van der Waals surface area contributed by atoms with E-state index in [9.17, 15) is 18.0 Å². The van der Waals surface area contributed by atoms with Crippen LogP contribution in [-0.2, 0) is 26.0 Å². The Morgan fingerprint density at radius 1 is 0.828 bits per heavy atom. The number of rotatable bonds is 7. The van der Waals surface area contributed by atoms with E-state index < -0.39 is 26.9 Å². The van der Waals surface area contributed by atoms with Gasteiger partial charge in [0.05, 0.1) is 17.7 Å². The summed E-state index contributed by atoms with van der Waals surface area (Å²) >= 11 is 0. The highest BCUT2D eigenvalue weighted by atomic mass is 32.2. The summed E-state index contributed by atoms with van der Waals surface area (Å²) in [4.78, 5) is 24.3. The van der Waals surface area contributed by atoms with Gasteiger partial charge in [0.1, 0.15) is 11.0 Å². The first-order chi connectivity index (χ1) is 14.0. The van der Waals surface area contributed by atoms with Crippen LogP contribution in [0.4, 0.5) is 0 Å². The zero-order chi connectivity index (χ0) is 20.7. The molecule has 2 aromatic carbocycles. The quantitative estimate of drug-likeness (QED) is 0.579. The molecule has 3 aromatic rings. The number of carbonyl (C=O) groups excluding carboxylic acids is 2. The van der Waals surface area contributed by atoms with Crippen LogP contribution in [0.15, 0.2) is 88.4 Å². The molecule has 0 saturated carbocycles. The van der Waals surface area contributed by atoms with Crippen molar-refractivity contribution in [2.45, 2.75) is 16.7 Å².